The summed E-state index contributed by atoms with van der Waals surface area (Å²) in [6, 6.07) is 13.2. The molecule has 0 aromatic heterocycles. The Labute approximate surface area is 118 Å². The summed E-state index contributed by atoms with van der Waals surface area (Å²) in [6.07, 6.45) is 3.59. The standard InChI is InChI=1S/C16H14ClNO/c1-3-12-10-16(19-2)9-4-13(12)11-18-15-7-5-14(17)6-8-15/h3-11H,1H2,2H3. The van der Waals surface area contributed by atoms with Crippen molar-refractivity contribution in [1.29, 1.82) is 0 Å². The molecule has 2 aromatic carbocycles. The van der Waals surface area contributed by atoms with Crippen molar-refractivity contribution in [3.05, 3.63) is 65.2 Å². The van der Waals surface area contributed by atoms with Crippen molar-refractivity contribution in [3.63, 3.8) is 0 Å². The molecule has 0 aliphatic heterocycles. The second-order valence-electron chi connectivity index (χ2n) is 3.93. The lowest BCUT2D eigenvalue weighted by Gasteiger charge is -2.04. The van der Waals surface area contributed by atoms with Crippen LogP contribution in [0.1, 0.15) is 11.1 Å². The van der Waals surface area contributed by atoms with Gasteiger partial charge in [0.2, 0.25) is 0 Å². The van der Waals surface area contributed by atoms with Gasteiger partial charge in [0.05, 0.1) is 12.8 Å². The maximum Gasteiger partial charge on any atom is 0.119 e. The van der Waals surface area contributed by atoms with Crippen LogP contribution in [0, 0.1) is 0 Å². The number of halogens is 1. The molecule has 2 aromatic rings. The lowest BCUT2D eigenvalue weighted by Crippen LogP contribution is -1.89. The molecule has 0 saturated carbocycles. The molecule has 0 N–H and O–H groups in total. The van der Waals surface area contributed by atoms with Gasteiger partial charge in [-0.05, 0) is 48.0 Å². The van der Waals surface area contributed by atoms with Gasteiger partial charge in [-0.2, -0.15) is 0 Å². The van der Waals surface area contributed by atoms with Gasteiger partial charge in [-0.1, -0.05) is 24.3 Å². The number of methoxy groups -OCH3 is 1. The van der Waals surface area contributed by atoms with E-state index >= 15 is 0 Å². The lowest BCUT2D eigenvalue weighted by atomic mass is 10.1. The summed E-state index contributed by atoms with van der Waals surface area (Å²) in [5.41, 5.74) is 2.83. The predicted octanol–water partition coefficient (Wildman–Crippen LogP) is 4.74. The Morgan fingerprint density at radius 2 is 1.84 bits per heavy atom. The fourth-order valence-electron chi connectivity index (χ4n) is 1.65. The van der Waals surface area contributed by atoms with Gasteiger partial charge in [0.25, 0.3) is 0 Å². The molecule has 2 nitrogen and oxygen atoms in total. The number of hydrogen-bond acceptors (Lipinski definition) is 2. The summed E-state index contributed by atoms with van der Waals surface area (Å²) in [6.45, 7) is 3.80. The highest BCUT2D eigenvalue weighted by Gasteiger charge is 1.99. The van der Waals surface area contributed by atoms with Gasteiger partial charge in [-0.3, -0.25) is 4.99 Å². The summed E-state index contributed by atoms with van der Waals surface area (Å²) in [7, 11) is 1.64. The smallest absolute Gasteiger partial charge is 0.119 e. The number of nitrogens with zero attached hydrogens (tertiary/aromatic N) is 1. The van der Waals surface area contributed by atoms with Crippen LogP contribution in [0.4, 0.5) is 5.69 Å². The highest BCUT2D eigenvalue weighted by molar-refractivity contribution is 6.30. The molecule has 3 heteroatoms. The molecule has 0 atom stereocenters. The van der Waals surface area contributed by atoms with Crippen molar-refractivity contribution >= 4 is 29.6 Å². The van der Waals surface area contributed by atoms with E-state index in [4.69, 9.17) is 16.3 Å². The van der Waals surface area contributed by atoms with Crippen LogP contribution in [-0.2, 0) is 0 Å². The van der Waals surface area contributed by atoms with Crippen molar-refractivity contribution in [2.75, 3.05) is 7.11 Å². The molecule has 0 heterocycles. The number of benzene rings is 2. The third kappa shape index (κ3) is 3.46. The minimum absolute atomic E-state index is 0.704. The van der Waals surface area contributed by atoms with Gasteiger partial charge < -0.3 is 4.74 Å². The van der Waals surface area contributed by atoms with Crippen LogP contribution in [0.25, 0.3) is 6.08 Å². The van der Waals surface area contributed by atoms with Crippen LogP contribution in [-0.4, -0.2) is 13.3 Å². The zero-order valence-corrected chi connectivity index (χ0v) is 11.4. The summed E-state index contributed by atoms with van der Waals surface area (Å²) in [4.78, 5) is 4.41. The fraction of sp³-hybridized carbons (Fsp3) is 0.0625. The molecule has 0 spiro atoms. The largest absolute Gasteiger partial charge is 0.497 e. The third-order valence-electron chi connectivity index (χ3n) is 2.69. The number of aliphatic imine (C=N–C) groups is 1. The van der Waals surface area contributed by atoms with Crippen molar-refractivity contribution in [2.24, 2.45) is 4.99 Å². The zero-order chi connectivity index (χ0) is 13.7. The van der Waals surface area contributed by atoms with E-state index in [9.17, 15) is 0 Å². The highest BCUT2D eigenvalue weighted by Crippen LogP contribution is 2.19. The van der Waals surface area contributed by atoms with Gasteiger partial charge in [0, 0.05) is 16.8 Å². The Hall–Kier alpha value is -2.06. The molecule has 2 rings (SSSR count). The molecule has 19 heavy (non-hydrogen) atoms. The Morgan fingerprint density at radius 3 is 2.47 bits per heavy atom. The van der Waals surface area contributed by atoms with E-state index in [2.05, 4.69) is 11.6 Å². The quantitative estimate of drug-likeness (QED) is 0.736. The van der Waals surface area contributed by atoms with Crippen LogP contribution in [0.2, 0.25) is 5.02 Å². The molecule has 0 radical (unpaired) electrons. The number of ether oxygens (including phenoxy) is 1. The summed E-state index contributed by atoms with van der Waals surface area (Å²) in [5.74, 6) is 0.804. The number of hydrogen-bond donors (Lipinski definition) is 0. The SMILES string of the molecule is C=Cc1cc(OC)ccc1C=Nc1ccc(Cl)cc1. The van der Waals surface area contributed by atoms with Crippen LogP contribution in [0.15, 0.2) is 54.0 Å². The minimum atomic E-state index is 0.704. The summed E-state index contributed by atoms with van der Waals surface area (Å²) < 4.78 is 5.18. The lowest BCUT2D eigenvalue weighted by molar-refractivity contribution is 0.414. The maximum atomic E-state index is 5.83. The molecule has 0 aliphatic carbocycles. The van der Waals surface area contributed by atoms with E-state index in [1.165, 1.54) is 0 Å². The zero-order valence-electron chi connectivity index (χ0n) is 10.6. The summed E-state index contributed by atoms with van der Waals surface area (Å²) in [5, 5.41) is 0.704. The van der Waals surface area contributed by atoms with E-state index in [-0.39, 0.29) is 0 Å². The summed E-state index contributed by atoms with van der Waals surface area (Å²) >= 11 is 5.83. The molecule has 0 fully saturated rings. The van der Waals surface area contributed by atoms with Gasteiger partial charge >= 0.3 is 0 Å². The third-order valence-corrected chi connectivity index (χ3v) is 2.95. The second-order valence-corrected chi connectivity index (χ2v) is 4.37. The molecule has 0 saturated heterocycles. The average molecular weight is 272 g/mol. The predicted molar refractivity (Wildman–Crippen MR) is 81.8 cm³/mol. The number of rotatable bonds is 4. The Balaban J connectivity index is 2.27. The van der Waals surface area contributed by atoms with Crippen molar-refractivity contribution in [1.82, 2.24) is 0 Å². The van der Waals surface area contributed by atoms with Crippen molar-refractivity contribution < 1.29 is 4.74 Å². The normalized spacial score (nSPS) is 10.6. The molecule has 0 amide bonds. The fourth-order valence-corrected chi connectivity index (χ4v) is 1.77. The first-order valence-electron chi connectivity index (χ1n) is 5.83. The van der Waals surface area contributed by atoms with Crippen molar-refractivity contribution in [2.45, 2.75) is 0 Å². The first-order chi connectivity index (χ1) is 9.22. The molecule has 0 aliphatic rings. The topological polar surface area (TPSA) is 21.6 Å². The Kier molecular flexibility index (Phi) is 4.37. The molecular weight excluding hydrogens is 258 g/mol. The Morgan fingerprint density at radius 1 is 1.11 bits per heavy atom. The van der Waals surface area contributed by atoms with Crippen LogP contribution in [0.5, 0.6) is 5.75 Å². The monoisotopic (exact) mass is 271 g/mol. The van der Waals surface area contributed by atoms with Crippen LogP contribution < -0.4 is 4.74 Å². The van der Waals surface area contributed by atoms with Gasteiger partial charge in [0.15, 0.2) is 0 Å². The van der Waals surface area contributed by atoms with Gasteiger partial charge in [-0.25, -0.2) is 0 Å². The van der Waals surface area contributed by atoms with Crippen LogP contribution in [0.3, 0.4) is 0 Å². The van der Waals surface area contributed by atoms with Crippen LogP contribution >= 0.6 is 11.6 Å². The van der Waals surface area contributed by atoms with Crippen molar-refractivity contribution in [3.8, 4) is 5.75 Å². The van der Waals surface area contributed by atoms with E-state index in [1.807, 2.05) is 42.5 Å². The highest BCUT2D eigenvalue weighted by atomic mass is 35.5. The Bertz CT molecular complexity index is 603. The average Bonchev–Trinajstić information content (AvgIpc) is 2.46. The van der Waals surface area contributed by atoms with Gasteiger partial charge in [0.1, 0.15) is 5.75 Å². The first kappa shape index (κ1) is 13.4. The van der Waals surface area contributed by atoms with E-state index in [0.29, 0.717) is 5.02 Å². The van der Waals surface area contributed by atoms with E-state index < -0.39 is 0 Å². The minimum Gasteiger partial charge on any atom is -0.497 e. The molecule has 0 unspecified atom stereocenters. The molecular formula is C16H14ClNO. The van der Waals surface area contributed by atoms with E-state index in [1.54, 1.807) is 19.4 Å². The second kappa shape index (κ2) is 6.21. The molecule has 96 valence electrons. The maximum absolute atomic E-state index is 5.83. The van der Waals surface area contributed by atoms with E-state index in [0.717, 1.165) is 22.6 Å². The van der Waals surface area contributed by atoms with Gasteiger partial charge in [-0.15, -0.1) is 0 Å². The first-order valence-corrected chi connectivity index (χ1v) is 6.21. The molecule has 0 bridgehead atoms.